The minimum absolute atomic E-state index is 0. The lowest BCUT2D eigenvalue weighted by molar-refractivity contribution is -0.127. The molecule has 1 aliphatic carbocycles. The second-order valence-corrected chi connectivity index (χ2v) is 5.22. The normalized spacial score (nSPS) is 22.2. The molecule has 1 aliphatic rings. The predicted octanol–water partition coefficient (Wildman–Crippen LogP) is 1.04. The van der Waals surface area contributed by atoms with Gasteiger partial charge < -0.3 is 15.5 Å². The summed E-state index contributed by atoms with van der Waals surface area (Å²) in [6.07, 6.45) is 1.18. The van der Waals surface area contributed by atoms with E-state index in [1.807, 2.05) is 0 Å². The van der Waals surface area contributed by atoms with E-state index in [9.17, 15) is 4.79 Å². The quantitative estimate of drug-likeness (QED) is 0.443. The van der Waals surface area contributed by atoms with E-state index in [0.29, 0.717) is 18.0 Å². The molecule has 0 spiro atoms. The van der Waals surface area contributed by atoms with E-state index in [0.717, 1.165) is 5.96 Å². The molecule has 0 aromatic carbocycles. The molecule has 0 aliphatic heterocycles. The van der Waals surface area contributed by atoms with E-state index in [1.54, 1.807) is 19.0 Å². The molecule has 0 saturated heterocycles. The largest absolute Gasteiger partial charge is 0.354 e. The van der Waals surface area contributed by atoms with Gasteiger partial charge in [-0.3, -0.25) is 4.79 Å². The zero-order chi connectivity index (χ0) is 13.0. The number of likely N-dealkylation sites (N-methyl/N-ethyl adjacent to an activating group) is 1. The van der Waals surface area contributed by atoms with Crippen LogP contribution in [0.15, 0.2) is 4.99 Å². The van der Waals surface area contributed by atoms with Gasteiger partial charge in [-0.1, -0.05) is 6.92 Å². The van der Waals surface area contributed by atoms with E-state index in [1.165, 1.54) is 6.42 Å². The van der Waals surface area contributed by atoms with Crippen LogP contribution in [0.5, 0.6) is 0 Å². The van der Waals surface area contributed by atoms with Crippen molar-refractivity contribution in [2.75, 3.05) is 20.6 Å². The first-order valence-corrected chi connectivity index (χ1v) is 6.17. The molecule has 0 aromatic heterocycles. The zero-order valence-electron chi connectivity index (χ0n) is 11.9. The smallest absolute Gasteiger partial charge is 0.243 e. The Balaban J connectivity index is 0.00000289. The summed E-state index contributed by atoms with van der Waals surface area (Å²) < 4.78 is 0. The fourth-order valence-electron chi connectivity index (χ4n) is 1.39. The number of amides is 1. The molecule has 5 nitrogen and oxygen atoms in total. The summed E-state index contributed by atoms with van der Waals surface area (Å²) in [5.41, 5.74) is 0. The van der Waals surface area contributed by atoms with E-state index in [4.69, 9.17) is 0 Å². The summed E-state index contributed by atoms with van der Waals surface area (Å²) in [5, 5.41) is 6.57. The van der Waals surface area contributed by atoms with Gasteiger partial charge >= 0.3 is 0 Å². The Morgan fingerprint density at radius 3 is 2.39 bits per heavy atom. The van der Waals surface area contributed by atoms with Crippen molar-refractivity contribution >= 4 is 35.8 Å². The van der Waals surface area contributed by atoms with Gasteiger partial charge in [0.1, 0.15) is 6.54 Å². The Kier molecular flexibility index (Phi) is 7.58. The van der Waals surface area contributed by atoms with Crippen molar-refractivity contribution in [3.63, 3.8) is 0 Å². The second-order valence-electron chi connectivity index (χ2n) is 5.22. The number of nitrogens with zero attached hydrogens (tertiary/aromatic N) is 2. The molecule has 2 N–H and O–H groups in total. The lowest BCUT2D eigenvalue weighted by Crippen LogP contribution is -2.43. The van der Waals surface area contributed by atoms with Gasteiger partial charge in [-0.25, -0.2) is 4.99 Å². The first kappa shape index (κ1) is 17.5. The highest BCUT2D eigenvalue weighted by molar-refractivity contribution is 14.0. The molecule has 2 atom stereocenters. The molecule has 0 bridgehead atoms. The maximum atomic E-state index is 11.5. The fraction of sp³-hybridized carbons (Fsp3) is 0.833. The Morgan fingerprint density at radius 1 is 1.44 bits per heavy atom. The first-order chi connectivity index (χ1) is 7.90. The van der Waals surface area contributed by atoms with Crippen LogP contribution in [-0.4, -0.2) is 49.5 Å². The highest BCUT2D eigenvalue weighted by Gasteiger charge is 2.33. The van der Waals surface area contributed by atoms with Gasteiger partial charge in [-0.2, -0.15) is 0 Å². The lowest BCUT2D eigenvalue weighted by atomic mass is 10.4. The summed E-state index contributed by atoms with van der Waals surface area (Å²) in [5.74, 6) is 1.46. The third kappa shape index (κ3) is 6.42. The van der Waals surface area contributed by atoms with Gasteiger partial charge in [0.25, 0.3) is 0 Å². The predicted molar refractivity (Wildman–Crippen MR) is 85.4 cm³/mol. The van der Waals surface area contributed by atoms with E-state index >= 15 is 0 Å². The van der Waals surface area contributed by atoms with Gasteiger partial charge in [0.2, 0.25) is 5.91 Å². The molecule has 0 aromatic rings. The Labute approximate surface area is 127 Å². The van der Waals surface area contributed by atoms with E-state index in [-0.39, 0.29) is 36.4 Å². The maximum absolute atomic E-state index is 11.5. The molecule has 1 rings (SSSR count). The van der Waals surface area contributed by atoms with Crippen LogP contribution in [0.25, 0.3) is 0 Å². The summed E-state index contributed by atoms with van der Waals surface area (Å²) >= 11 is 0. The molecule has 18 heavy (non-hydrogen) atoms. The van der Waals surface area contributed by atoms with Crippen LogP contribution in [0.2, 0.25) is 0 Å². The third-order valence-electron chi connectivity index (χ3n) is 2.73. The summed E-state index contributed by atoms with van der Waals surface area (Å²) in [6.45, 7) is 6.51. The number of carbonyl (C=O) groups is 1. The fourth-order valence-corrected chi connectivity index (χ4v) is 1.39. The standard InChI is InChI=1S/C12H24N4O.HI/c1-8(2)14-12(15-10-6-9(10)3)13-7-11(17)16(4)5;/h8-10H,6-7H2,1-5H3,(H2,13,14,15);1H. The molecule has 6 heteroatoms. The van der Waals surface area contributed by atoms with Gasteiger partial charge in [0.05, 0.1) is 0 Å². The average Bonchev–Trinajstić information content (AvgIpc) is 2.89. The summed E-state index contributed by atoms with van der Waals surface area (Å²) in [6, 6.07) is 0.819. The van der Waals surface area contributed by atoms with Gasteiger partial charge in [-0.15, -0.1) is 24.0 Å². The molecule has 2 unspecified atom stereocenters. The molecule has 0 radical (unpaired) electrons. The zero-order valence-corrected chi connectivity index (χ0v) is 14.2. The number of nitrogens with one attached hydrogen (secondary N) is 2. The molecule has 1 amide bonds. The highest BCUT2D eigenvalue weighted by Crippen LogP contribution is 2.28. The van der Waals surface area contributed by atoms with Crippen molar-refractivity contribution in [2.24, 2.45) is 10.9 Å². The van der Waals surface area contributed by atoms with Crippen LogP contribution in [0.3, 0.4) is 0 Å². The minimum atomic E-state index is 0. The number of rotatable bonds is 4. The van der Waals surface area contributed by atoms with Crippen molar-refractivity contribution in [2.45, 2.75) is 39.3 Å². The number of halogens is 1. The number of hydrogen-bond acceptors (Lipinski definition) is 2. The van der Waals surface area contributed by atoms with E-state index < -0.39 is 0 Å². The van der Waals surface area contributed by atoms with Crippen LogP contribution in [0.4, 0.5) is 0 Å². The summed E-state index contributed by atoms with van der Waals surface area (Å²) in [4.78, 5) is 17.3. The number of hydrogen-bond donors (Lipinski definition) is 2. The Bertz CT molecular complexity index is 304. The topological polar surface area (TPSA) is 56.7 Å². The van der Waals surface area contributed by atoms with Crippen molar-refractivity contribution in [1.82, 2.24) is 15.5 Å². The first-order valence-electron chi connectivity index (χ1n) is 6.17. The number of carbonyl (C=O) groups excluding carboxylic acids is 1. The average molecular weight is 368 g/mol. The third-order valence-corrected chi connectivity index (χ3v) is 2.73. The van der Waals surface area contributed by atoms with Crippen LogP contribution >= 0.6 is 24.0 Å². The van der Waals surface area contributed by atoms with Gasteiger partial charge in [-0.05, 0) is 26.2 Å². The molecule has 1 fully saturated rings. The lowest BCUT2D eigenvalue weighted by Gasteiger charge is -2.15. The van der Waals surface area contributed by atoms with Gasteiger partial charge in [0.15, 0.2) is 5.96 Å². The van der Waals surface area contributed by atoms with Crippen LogP contribution in [0, 0.1) is 5.92 Å². The summed E-state index contributed by atoms with van der Waals surface area (Å²) in [7, 11) is 3.48. The number of aliphatic imine (C=N–C) groups is 1. The monoisotopic (exact) mass is 368 g/mol. The van der Waals surface area contributed by atoms with Crippen molar-refractivity contribution in [3.8, 4) is 0 Å². The Morgan fingerprint density at radius 2 is 2.00 bits per heavy atom. The highest BCUT2D eigenvalue weighted by atomic mass is 127. The SMILES string of the molecule is CC(C)NC(=NCC(=O)N(C)C)NC1CC1C.I. The van der Waals surface area contributed by atoms with Crippen LogP contribution in [0.1, 0.15) is 27.2 Å². The minimum Gasteiger partial charge on any atom is -0.354 e. The van der Waals surface area contributed by atoms with Crippen LogP contribution in [-0.2, 0) is 4.79 Å². The molecular formula is C12H25IN4O. The van der Waals surface area contributed by atoms with Crippen molar-refractivity contribution in [1.29, 1.82) is 0 Å². The maximum Gasteiger partial charge on any atom is 0.243 e. The molecular weight excluding hydrogens is 343 g/mol. The van der Waals surface area contributed by atoms with Crippen molar-refractivity contribution in [3.05, 3.63) is 0 Å². The Hall–Kier alpha value is -0.530. The second kappa shape index (κ2) is 7.81. The van der Waals surface area contributed by atoms with E-state index in [2.05, 4.69) is 36.4 Å². The molecule has 0 heterocycles. The van der Waals surface area contributed by atoms with Gasteiger partial charge in [0, 0.05) is 26.2 Å². The van der Waals surface area contributed by atoms with Crippen LogP contribution < -0.4 is 10.6 Å². The van der Waals surface area contributed by atoms with Crippen molar-refractivity contribution < 1.29 is 4.79 Å². The molecule has 106 valence electrons. The molecule has 1 saturated carbocycles. The number of guanidine groups is 1.